The van der Waals surface area contributed by atoms with Crippen LogP contribution >= 0.6 is 23.2 Å². The summed E-state index contributed by atoms with van der Waals surface area (Å²) in [5, 5.41) is 4.56. The van der Waals surface area contributed by atoms with Crippen molar-refractivity contribution in [2.45, 2.75) is 26.2 Å². The normalized spacial score (nSPS) is 12.0. The van der Waals surface area contributed by atoms with E-state index < -0.39 is 0 Å². The van der Waals surface area contributed by atoms with Crippen LogP contribution in [-0.2, 0) is 0 Å². The van der Waals surface area contributed by atoms with Crippen LogP contribution in [0.3, 0.4) is 0 Å². The third kappa shape index (κ3) is 4.56. The summed E-state index contributed by atoms with van der Waals surface area (Å²) in [4.78, 5) is 0. The lowest BCUT2D eigenvalue weighted by molar-refractivity contribution is 0.327. The fraction of sp³-hybridized carbons (Fsp3) is 0.333. The second-order valence-electron chi connectivity index (χ2n) is 5.25. The van der Waals surface area contributed by atoms with E-state index in [-0.39, 0.29) is 0 Å². The molecule has 0 radical (unpaired) electrons. The van der Waals surface area contributed by atoms with Crippen LogP contribution in [-0.4, -0.2) is 13.2 Å². The van der Waals surface area contributed by atoms with Gasteiger partial charge in [0.15, 0.2) is 0 Å². The molecule has 2 aromatic carbocycles. The Labute approximate surface area is 142 Å². The fourth-order valence-electron chi connectivity index (χ4n) is 2.22. The van der Waals surface area contributed by atoms with Gasteiger partial charge in [0.2, 0.25) is 0 Å². The summed E-state index contributed by atoms with van der Waals surface area (Å²) in [5.74, 6) is 1.45. The van der Waals surface area contributed by atoms with Gasteiger partial charge in [0.05, 0.1) is 10.7 Å². The van der Waals surface area contributed by atoms with Crippen LogP contribution in [0.25, 0.3) is 0 Å². The Morgan fingerprint density at radius 3 is 2.68 bits per heavy atom. The highest BCUT2D eigenvalue weighted by Crippen LogP contribution is 2.28. The van der Waals surface area contributed by atoms with Crippen molar-refractivity contribution in [3.05, 3.63) is 58.1 Å². The summed E-state index contributed by atoms with van der Waals surface area (Å²) >= 11 is 12.1. The number of rotatable bonds is 7. The molecule has 0 aliphatic rings. The molecule has 2 nitrogen and oxygen atoms in total. The highest BCUT2D eigenvalue weighted by atomic mass is 35.5. The number of anilines is 1. The Balaban J connectivity index is 1.90. The summed E-state index contributed by atoms with van der Waals surface area (Å²) in [6.07, 6.45) is 1.09. The van der Waals surface area contributed by atoms with Crippen molar-refractivity contribution in [2.75, 3.05) is 18.5 Å². The van der Waals surface area contributed by atoms with Crippen molar-refractivity contribution in [1.82, 2.24) is 0 Å². The standard InChI is InChI=1S/C18H21Cl2NO/c1-3-13(2)15-6-4-5-7-18(15)22-11-10-21-17-12-14(19)8-9-16(17)20/h4-9,12-13,21H,3,10-11H2,1-2H3. The predicted octanol–water partition coefficient (Wildman–Crippen LogP) is 6.00. The summed E-state index contributed by atoms with van der Waals surface area (Å²) in [6, 6.07) is 13.6. The van der Waals surface area contributed by atoms with Gasteiger partial charge in [-0.15, -0.1) is 0 Å². The highest BCUT2D eigenvalue weighted by molar-refractivity contribution is 6.35. The van der Waals surface area contributed by atoms with E-state index in [1.807, 2.05) is 18.2 Å². The molecule has 0 heterocycles. The average Bonchev–Trinajstić information content (AvgIpc) is 2.54. The van der Waals surface area contributed by atoms with Crippen molar-refractivity contribution in [2.24, 2.45) is 0 Å². The van der Waals surface area contributed by atoms with E-state index in [4.69, 9.17) is 27.9 Å². The Morgan fingerprint density at radius 1 is 1.14 bits per heavy atom. The molecule has 0 saturated carbocycles. The van der Waals surface area contributed by atoms with Gasteiger partial charge in [-0.05, 0) is 42.2 Å². The van der Waals surface area contributed by atoms with Crippen LogP contribution in [0, 0.1) is 0 Å². The Kier molecular flexibility index (Phi) is 6.41. The molecule has 0 aliphatic heterocycles. The molecule has 0 spiro atoms. The second-order valence-corrected chi connectivity index (χ2v) is 6.09. The summed E-state index contributed by atoms with van der Waals surface area (Å²) in [6.45, 7) is 5.63. The van der Waals surface area contributed by atoms with Gasteiger partial charge in [0, 0.05) is 11.6 Å². The van der Waals surface area contributed by atoms with Crippen LogP contribution in [0.4, 0.5) is 5.69 Å². The number of para-hydroxylation sites is 1. The highest BCUT2D eigenvalue weighted by Gasteiger charge is 2.09. The van der Waals surface area contributed by atoms with Gasteiger partial charge in [-0.3, -0.25) is 0 Å². The van der Waals surface area contributed by atoms with Gasteiger partial charge < -0.3 is 10.1 Å². The van der Waals surface area contributed by atoms with Gasteiger partial charge in [-0.1, -0.05) is 55.2 Å². The zero-order valence-electron chi connectivity index (χ0n) is 12.9. The molecule has 1 atom stereocenters. The number of ether oxygens (including phenoxy) is 1. The van der Waals surface area contributed by atoms with Crippen molar-refractivity contribution < 1.29 is 4.74 Å². The van der Waals surface area contributed by atoms with Crippen molar-refractivity contribution in [3.8, 4) is 5.75 Å². The van der Waals surface area contributed by atoms with Gasteiger partial charge in [0.25, 0.3) is 0 Å². The van der Waals surface area contributed by atoms with Crippen LogP contribution in [0.5, 0.6) is 5.75 Å². The molecule has 2 rings (SSSR count). The Hall–Kier alpha value is -1.38. The lowest BCUT2D eigenvalue weighted by Gasteiger charge is -2.16. The minimum Gasteiger partial charge on any atom is -0.491 e. The average molecular weight is 338 g/mol. The molecule has 22 heavy (non-hydrogen) atoms. The smallest absolute Gasteiger partial charge is 0.122 e. The van der Waals surface area contributed by atoms with E-state index in [0.29, 0.717) is 29.1 Å². The minimum atomic E-state index is 0.492. The first-order chi connectivity index (χ1) is 10.6. The monoisotopic (exact) mass is 337 g/mol. The van der Waals surface area contributed by atoms with Crippen LogP contribution in [0.2, 0.25) is 10.0 Å². The molecule has 0 amide bonds. The number of benzene rings is 2. The maximum Gasteiger partial charge on any atom is 0.122 e. The van der Waals surface area contributed by atoms with Crippen molar-refractivity contribution in [3.63, 3.8) is 0 Å². The quantitative estimate of drug-likeness (QED) is 0.625. The summed E-state index contributed by atoms with van der Waals surface area (Å²) in [5.41, 5.74) is 2.08. The largest absolute Gasteiger partial charge is 0.491 e. The number of hydrogen-bond acceptors (Lipinski definition) is 2. The lowest BCUT2D eigenvalue weighted by atomic mass is 9.98. The first-order valence-corrected chi connectivity index (χ1v) is 8.28. The van der Waals surface area contributed by atoms with Gasteiger partial charge in [-0.2, -0.15) is 0 Å². The first kappa shape index (κ1) is 17.0. The molecule has 0 aromatic heterocycles. The zero-order valence-corrected chi connectivity index (χ0v) is 14.4. The third-order valence-corrected chi connectivity index (χ3v) is 4.23. The van der Waals surface area contributed by atoms with Crippen molar-refractivity contribution in [1.29, 1.82) is 0 Å². The van der Waals surface area contributed by atoms with Gasteiger partial charge in [-0.25, -0.2) is 0 Å². The molecule has 118 valence electrons. The van der Waals surface area contributed by atoms with E-state index in [9.17, 15) is 0 Å². The molecule has 4 heteroatoms. The molecule has 0 saturated heterocycles. The van der Waals surface area contributed by atoms with Crippen LogP contribution in [0.15, 0.2) is 42.5 Å². The summed E-state index contributed by atoms with van der Waals surface area (Å²) < 4.78 is 5.91. The van der Waals surface area contributed by atoms with E-state index in [0.717, 1.165) is 17.9 Å². The van der Waals surface area contributed by atoms with Crippen LogP contribution in [0.1, 0.15) is 31.7 Å². The predicted molar refractivity (Wildman–Crippen MR) is 95.6 cm³/mol. The molecular formula is C18H21Cl2NO. The minimum absolute atomic E-state index is 0.492. The van der Waals surface area contributed by atoms with E-state index in [2.05, 4.69) is 31.3 Å². The molecular weight excluding hydrogens is 317 g/mol. The SMILES string of the molecule is CCC(C)c1ccccc1OCCNc1cc(Cl)ccc1Cl. The number of hydrogen-bond donors (Lipinski definition) is 1. The van der Waals surface area contributed by atoms with Crippen molar-refractivity contribution >= 4 is 28.9 Å². The number of nitrogens with one attached hydrogen (secondary N) is 1. The molecule has 2 aromatic rings. The van der Waals surface area contributed by atoms with Gasteiger partial charge >= 0.3 is 0 Å². The molecule has 1 unspecified atom stereocenters. The third-order valence-electron chi connectivity index (χ3n) is 3.67. The van der Waals surface area contributed by atoms with E-state index in [1.54, 1.807) is 12.1 Å². The molecule has 0 aliphatic carbocycles. The van der Waals surface area contributed by atoms with E-state index >= 15 is 0 Å². The zero-order chi connectivity index (χ0) is 15.9. The maximum atomic E-state index is 6.12. The summed E-state index contributed by atoms with van der Waals surface area (Å²) in [7, 11) is 0. The first-order valence-electron chi connectivity index (χ1n) is 7.52. The lowest BCUT2D eigenvalue weighted by Crippen LogP contribution is -2.12. The second kappa shape index (κ2) is 8.30. The Morgan fingerprint density at radius 2 is 1.91 bits per heavy atom. The van der Waals surface area contributed by atoms with Gasteiger partial charge in [0.1, 0.15) is 12.4 Å². The molecule has 0 bridgehead atoms. The fourth-order valence-corrected chi connectivity index (χ4v) is 2.58. The van der Waals surface area contributed by atoms with E-state index in [1.165, 1.54) is 5.56 Å². The maximum absolute atomic E-state index is 6.12. The Bertz CT molecular complexity index is 616. The number of halogens is 2. The molecule has 1 N–H and O–H groups in total. The van der Waals surface area contributed by atoms with Crippen LogP contribution < -0.4 is 10.1 Å². The molecule has 0 fully saturated rings. The topological polar surface area (TPSA) is 21.3 Å².